The molecule has 0 saturated carbocycles. The minimum absolute atomic E-state index is 0.148. The van der Waals surface area contributed by atoms with Crippen LogP contribution < -0.4 is 10.1 Å². The third-order valence-electron chi connectivity index (χ3n) is 7.46. The molecule has 2 fully saturated rings. The van der Waals surface area contributed by atoms with Gasteiger partial charge in [0.1, 0.15) is 11.8 Å². The molecule has 218 valence electrons. The van der Waals surface area contributed by atoms with E-state index in [0.29, 0.717) is 18.6 Å². The van der Waals surface area contributed by atoms with E-state index in [1.165, 1.54) is 27.9 Å². The number of amides is 2. The highest BCUT2D eigenvalue weighted by atomic mass is 32.2. The summed E-state index contributed by atoms with van der Waals surface area (Å²) in [6, 6.07) is 12.1. The summed E-state index contributed by atoms with van der Waals surface area (Å²) in [6.07, 6.45) is 0.722. The van der Waals surface area contributed by atoms with Gasteiger partial charge in [-0.15, -0.1) is 0 Å². The van der Waals surface area contributed by atoms with E-state index in [0.717, 1.165) is 5.56 Å². The number of nitrogens with one attached hydrogen (secondary N) is 1. The van der Waals surface area contributed by atoms with Crippen molar-refractivity contribution >= 4 is 31.9 Å². The lowest BCUT2D eigenvalue weighted by molar-refractivity contribution is -0.138. The van der Waals surface area contributed by atoms with Crippen LogP contribution in [-0.4, -0.2) is 94.6 Å². The van der Waals surface area contributed by atoms with Crippen molar-refractivity contribution < 1.29 is 31.2 Å². The summed E-state index contributed by atoms with van der Waals surface area (Å²) in [6.45, 7) is 4.66. The predicted molar refractivity (Wildman–Crippen MR) is 149 cm³/mol. The first-order valence-electron chi connectivity index (χ1n) is 13.2. The molecule has 40 heavy (non-hydrogen) atoms. The first kappa shape index (κ1) is 30.0. The van der Waals surface area contributed by atoms with Gasteiger partial charge in [-0.05, 0) is 63.1 Å². The Morgan fingerprint density at radius 1 is 0.800 bits per heavy atom. The molecule has 11 nitrogen and oxygen atoms in total. The van der Waals surface area contributed by atoms with E-state index < -0.39 is 32.0 Å². The van der Waals surface area contributed by atoms with Crippen molar-refractivity contribution in [2.75, 3.05) is 46.4 Å². The molecule has 2 saturated heterocycles. The molecular formula is C27H36N4O7S2. The van der Waals surface area contributed by atoms with Gasteiger partial charge in [0.15, 0.2) is 0 Å². The Balaban J connectivity index is 1.26. The van der Waals surface area contributed by atoms with Crippen LogP contribution in [0, 0.1) is 12.8 Å². The average Bonchev–Trinajstić information content (AvgIpc) is 2.97. The Morgan fingerprint density at radius 2 is 1.27 bits per heavy atom. The third-order valence-corrected chi connectivity index (χ3v) is 11.3. The van der Waals surface area contributed by atoms with E-state index in [1.807, 2.05) is 6.92 Å². The fourth-order valence-corrected chi connectivity index (χ4v) is 7.82. The number of piperazine rings is 1. The van der Waals surface area contributed by atoms with Crippen molar-refractivity contribution in [3.05, 3.63) is 54.1 Å². The summed E-state index contributed by atoms with van der Waals surface area (Å²) in [5, 5.41) is 2.77. The van der Waals surface area contributed by atoms with Gasteiger partial charge in [-0.2, -0.15) is 8.61 Å². The molecular weight excluding hydrogens is 556 g/mol. The monoisotopic (exact) mass is 592 g/mol. The normalized spacial score (nSPS) is 18.7. The lowest BCUT2D eigenvalue weighted by Crippen LogP contribution is -2.55. The molecule has 0 spiro atoms. The highest BCUT2D eigenvalue weighted by Crippen LogP contribution is 2.25. The molecule has 0 aromatic heterocycles. The molecule has 0 aliphatic carbocycles. The fraction of sp³-hybridized carbons (Fsp3) is 0.481. The number of carbonyl (C=O) groups is 2. The summed E-state index contributed by atoms with van der Waals surface area (Å²) in [5.41, 5.74) is 0.971. The first-order chi connectivity index (χ1) is 18.9. The number of sulfonamides is 2. The molecule has 1 unspecified atom stereocenters. The van der Waals surface area contributed by atoms with Crippen LogP contribution in [0.5, 0.6) is 5.75 Å². The Bertz CT molecular complexity index is 1410. The molecule has 0 radical (unpaired) electrons. The van der Waals surface area contributed by atoms with Crippen LogP contribution in [0.3, 0.4) is 0 Å². The van der Waals surface area contributed by atoms with Crippen molar-refractivity contribution in [1.29, 1.82) is 0 Å². The summed E-state index contributed by atoms with van der Waals surface area (Å²) in [7, 11) is -5.82. The molecule has 2 aromatic carbocycles. The number of carbonyl (C=O) groups excluding carboxylic acids is 2. The fourth-order valence-electron chi connectivity index (χ4n) is 4.93. The van der Waals surface area contributed by atoms with Crippen molar-refractivity contribution in [2.24, 2.45) is 5.92 Å². The van der Waals surface area contributed by atoms with Gasteiger partial charge in [0.05, 0.1) is 16.9 Å². The zero-order valence-electron chi connectivity index (χ0n) is 22.9. The van der Waals surface area contributed by atoms with Crippen LogP contribution in [0.15, 0.2) is 58.3 Å². The van der Waals surface area contributed by atoms with Crippen LogP contribution in [0.25, 0.3) is 0 Å². The highest BCUT2D eigenvalue weighted by molar-refractivity contribution is 7.89. The molecule has 1 atom stereocenters. The van der Waals surface area contributed by atoms with E-state index in [-0.39, 0.29) is 60.9 Å². The maximum Gasteiger partial charge on any atom is 0.244 e. The third kappa shape index (κ3) is 6.48. The number of ether oxygens (including phenoxy) is 1. The number of piperidine rings is 1. The van der Waals surface area contributed by atoms with Crippen LogP contribution in [-0.2, 0) is 29.6 Å². The van der Waals surface area contributed by atoms with Gasteiger partial charge in [0, 0.05) is 45.2 Å². The van der Waals surface area contributed by atoms with Gasteiger partial charge in [-0.25, -0.2) is 16.8 Å². The Morgan fingerprint density at radius 3 is 1.77 bits per heavy atom. The first-order valence-corrected chi connectivity index (χ1v) is 16.1. The van der Waals surface area contributed by atoms with Gasteiger partial charge in [0.25, 0.3) is 0 Å². The van der Waals surface area contributed by atoms with Crippen LogP contribution in [0.1, 0.15) is 25.3 Å². The number of nitrogens with zero attached hydrogens (tertiary/aromatic N) is 3. The molecule has 2 aliphatic heterocycles. The summed E-state index contributed by atoms with van der Waals surface area (Å²) >= 11 is 0. The average molecular weight is 593 g/mol. The predicted octanol–water partition coefficient (Wildman–Crippen LogP) is 1.44. The second-order valence-corrected chi connectivity index (χ2v) is 14.0. The number of rotatable bonds is 8. The highest BCUT2D eigenvalue weighted by Gasteiger charge is 2.35. The van der Waals surface area contributed by atoms with E-state index in [1.54, 1.807) is 48.2 Å². The number of aryl methyl sites for hydroxylation is 1. The maximum absolute atomic E-state index is 13.0. The van der Waals surface area contributed by atoms with Gasteiger partial charge in [0.2, 0.25) is 31.9 Å². The zero-order chi connectivity index (χ0) is 29.1. The van der Waals surface area contributed by atoms with Crippen molar-refractivity contribution in [3.8, 4) is 5.75 Å². The minimum Gasteiger partial charge on any atom is -0.497 e. The molecule has 2 amide bonds. The van der Waals surface area contributed by atoms with Gasteiger partial charge in [-0.3, -0.25) is 9.59 Å². The second-order valence-electron chi connectivity index (χ2n) is 10.1. The van der Waals surface area contributed by atoms with Gasteiger partial charge >= 0.3 is 0 Å². The molecule has 13 heteroatoms. The standard InChI is InChI=1S/C27H36N4O7S2/c1-20-4-8-24(9-5-20)39(34,35)30-14-12-22(13-15-30)26(32)28-21(2)27(33)29-16-18-31(19-17-29)40(36,37)25-10-6-23(38-3)7-11-25/h4-11,21-22H,12-19H2,1-3H3,(H,28,32). The van der Waals surface area contributed by atoms with Crippen molar-refractivity contribution in [1.82, 2.24) is 18.8 Å². The van der Waals surface area contributed by atoms with Crippen LogP contribution >= 0.6 is 0 Å². The zero-order valence-corrected chi connectivity index (χ0v) is 24.6. The molecule has 2 heterocycles. The number of hydrogen-bond acceptors (Lipinski definition) is 7. The van der Waals surface area contributed by atoms with Gasteiger partial charge in [-0.1, -0.05) is 17.7 Å². The summed E-state index contributed by atoms with van der Waals surface area (Å²) < 4.78 is 59.7. The quantitative estimate of drug-likeness (QED) is 0.491. The Hall–Kier alpha value is -3.00. The van der Waals surface area contributed by atoms with Crippen molar-refractivity contribution in [2.45, 2.75) is 42.5 Å². The van der Waals surface area contributed by atoms with E-state index in [2.05, 4.69) is 5.32 Å². The number of hydrogen-bond donors (Lipinski definition) is 1. The number of methoxy groups -OCH3 is 1. The second kappa shape index (κ2) is 12.2. The molecule has 1 N–H and O–H groups in total. The largest absolute Gasteiger partial charge is 0.497 e. The SMILES string of the molecule is COc1ccc(S(=O)(=O)N2CCN(C(=O)C(C)NC(=O)C3CCN(S(=O)(=O)c4ccc(C)cc4)CC3)CC2)cc1. The van der Waals surface area contributed by atoms with Gasteiger partial charge < -0.3 is 15.0 Å². The lowest BCUT2D eigenvalue weighted by Gasteiger charge is -2.36. The Labute approximate surface area is 236 Å². The van der Waals surface area contributed by atoms with Crippen molar-refractivity contribution in [3.63, 3.8) is 0 Å². The number of benzene rings is 2. The van der Waals surface area contributed by atoms with E-state index in [4.69, 9.17) is 4.74 Å². The lowest BCUT2D eigenvalue weighted by atomic mass is 9.97. The van der Waals surface area contributed by atoms with E-state index in [9.17, 15) is 26.4 Å². The summed E-state index contributed by atoms with van der Waals surface area (Å²) in [5.74, 6) is -0.405. The van der Waals surface area contributed by atoms with Crippen LogP contribution in [0.2, 0.25) is 0 Å². The molecule has 2 aromatic rings. The maximum atomic E-state index is 13.0. The topological polar surface area (TPSA) is 133 Å². The minimum atomic E-state index is -3.70. The Kier molecular flexibility index (Phi) is 9.18. The summed E-state index contributed by atoms with van der Waals surface area (Å²) in [4.78, 5) is 27.9. The smallest absolute Gasteiger partial charge is 0.244 e. The molecule has 0 bridgehead atoms. The van der Waals surface area contributed by atoms with E-state index >= 15 is 0 Å². The van der Waals surface area contributed by atoms with Crippen LogP contribution in [0.4, 0.5) is 0 Å². The molecule has 2 aliphatic rings. The molecule has 4 rings (SSSR count).